The maximum atomic E-state index is 12.4. The van der Waals surface area contributed by atoms with E-state index in [9.17, 15) is 4.79 Å². The minimum atomic E-state index is 0.0507. The molecule has 106 valence electrons. The molecule has 0 spiro atoms. The van der Waals surface area contributed by atoms with Gasteiger partial charge in [-0.3, -0.25) is 4.79 Å². The number of rotatable bonds is 5. The molecule has 0 N–H and O–H groups in total. The summed E-state index contributed by atoms with van der Waals surface area (Å²) in [6, 6.07) is 7.88. The Hall–Kier alpha value is -1.89. The smallest absolute Gasteiger partial charge is 0.237 e. The predicted octanol–water partition coefficient (Wildman–Crippen LogP) is 1.66. The molecule has 0 radical (unpaired) electrons. The summed E-state index contributed by atoms with van der Waals surface area (Å²) >= 11 is 1.34. The first-order valence-corrected chi connectivity index (χ1v) is 7.33. The summed E-state index contributed by atoms with van der Waals surface area (Å²) < 4.78 is 1.56. The zero-order chi connectivity index (χ0) is 14.5. The number of hydrogen-bond donors (Lipinski definition) is 0. The second-order valence-corrected chi connectivity index (χ2v) is 5.24. The number of carbonyl (C=O) groups is 1. The van der Waals surface area contributed by atoms with E-state index >= 15 is 0 Å². The zero-order valence-electron chi connectivity index (χ0n) is 11.8. The number of nitrogens with zero attached hydrogens (tertiary/aromatic N) is 5. The molecule has 1 amide bonds. The van der Waals surface area contributed by atoms with Crippen LogP contribution in [0.15, 0.2) is 29.4 Å². The Kier molecular flexibility index (Phi) is 4.73. The molecule has 0 aliphatic carbocycles. The molecule has 1 aromatic carbocycles. The van der Waals surface area contributed by atoms with Crippen molar-refractivity contribution in [1.29, 1.82) is 0 Å². The monoisotopic (exact) mass is 291 g/mol. The van der Waals surface area contributed by atoms with Crippen LogP contribution < -0.4 is 4.90 Å². The quantitative estimate of drug-likeness (QED) is 0.784. The number of thioether (sulfide) groups is 1. The maximum absolute atomic E-state index is 12.4. The normalized spacial score (nSPS) is 10.6. The lowest BCUT2D eigenvalue weighted by Gasteiger charge is -2.22. The Morgan fingerprint density at radius 1 is 1.40 bits per heavy atom. The van der Waals surface area contributed by atoms with Crippen LogP contribution in [0.1, 0.15) is 12.5 Å². The second-order valence-electron chi connectivity index (χ2n) is 4.30. The van der Waals surface area contributed by atoms with E-state index in [0.717, 1.165) is 11.3 Å². The van der Waals surface area contributed by atoms with E-state index in [-0.39, 0.29) is 5.91 Å². The third-order valence-corrected chi connectivity index (χ3v) is 3.92. The number of carbonyl (C=O) groups excluding carboxylic acids is 1. The van der Waals surface area contributed by atoms with Crippen LogP contribution in [0.2, 0.25) is 0 Å². The fourth-order valence-electron chi connectivity index (χ4n) is 1.90. The van der Waals surface area contributed by atoms with Gasteiger partial charge in [0.2, 0.25) is 11.1 Å². The Bertz CT molecular complexity index is 598. The second kappa shape index (κ2) is 6.51. The van der Waals surface area contributed by atoms with Crippen LogP contribution in [0.4, 0.5) is 5.69 Å². The molecule has 0 aliphatic rings. The minimum Gasteiger partial charge on any atom is -0.312 e. The summed E-state index contributed by atoms with van der Waals surface area (Å²) in [6.07, 6.45) is 0. The van der Waals surface area contributed by atoms with Crippen LogP contribution in [-0.2, 0) is 11.8 Å². The number of hydrogen-bond acceptors (Lipinski definition) is 5. The van der Waals surface area contributed by atoms with Gasteiger partial charge in [-0.1, -0.05) is 30.0 Å². The molecular formula is C13H17N5OS. The fourth-order valence-corrected chi connectivity index (χ4v) is 2.62. The van der Waals surface area contributed by atoms with E-state index in [1.54, 1.807) is 16.6 Å². The van der Waals surface area contributed by atoms with Gasteiger partial charge in [-0.2, -0.15) is 0 Å². The average Bonchev–Trinajstić information content (AvgIpc) is 2.85. The third-order valence-electron chi connectivity index (χ3n) is 2.93. The van der Waals surface area contributed by atoms with Gasteiger partial charge in [-0.05, 0) is 35.9 Å². The Labute approximate surface area is 122 Å². The first kappa shape index (κ1) is 14.5. The summed E-state index contributed by atoms with van der Waals surface area (Å²) in [7, 11) is 1.76. The molecule has 1 aromatic heterocycles. The summed E-state index contributed by atoms with van der Waals surface area (Å²) in [4.78, 5) is 14.1. The highest BCUT2D eigenvalue weighted by Gasteiger charge is 2.16. The SMILES string of the molecule is CCN(C(=O)CSc1nnnn1C)c1ccccc1C. The van der Waals surface area contributed by atoms with Crippen LogP contribution in [-0.4, -0.2) is 38.4 Å². The van der Waals surface area contributed by atoms with Crippen molar-refractivity contribution >= 4 is 23.4 Å². The van der Waals surface area contributed by atoms with Crippen molar-refractivity contribution in [1.82, 2.24) is 20.2 Å². The molecule has 0 saturated heterocycles. The van der Waals surface area contributed by atoms with E-state index in [4.69, 9.17) is 0 Å². The number of aryl methyl sites for hydroxylation is 2. The number of benzene rings is 1. The third kappa shape index (κ3) is 3.16. The van der Waals surface area contributed by atoms with Gasteiger partial charge in [0.15, 0.2) is 0 Å². The number of tetrazole rings is 1. The molecule has 20 heavy (non-hydrogen) atoms. The van der Waals surface area contributed by atoms with Gasteiger partial charge in [0.25, 0.3) is 0 Å². The van der Waals surface area contributed by atoms with Crippen molar-refractivity contribution < 1.29 is 4.79 Å². The lowest BCUT2D eigenvalue weighted by molar-refractivity contribution is -0.116. The zero-order valence-corrected chi connectivity index (χ0v) is 12.6. The van der Waals surface area contributed by atoms with Gasteiger partial charge < -0.3 is 4.90 Å². The van der Waals surface area contributed by atoms with Gasteiger partial charge in [-0.15, -0.1) is 5.10 Å². The minimum absolute atomic E-state index is 0.0507. The predicted molar refractivity (Wildman–Crippen MR) is 78.7 cm³/mol. The van der Waals surface area contributed by atoms with Crippen LogP contribution in [0.5, 0.6) is 0 Å². The van der Waals surface area contributed by atoms with Crippen LogP contribution >= 0.6 is 11.8 Å². The number of aromatic nitrogens is 4. The molecule has 7 heteroatoms. The molecule has 0 fully saturated rings. The Morgan fingerprint density at radius 3 is 2.75 bits per heavy atom. The molecule has 0 saturated carbocycles. The summed E-state index contributed by atoms with van der Waals surface area (Å²) in [5.74, 6) is 0.367. The van der Waals surface area contributed by atoms with Gasteiger partial charge in [0.1, 0.15) is 0 Å². The van der Waals surface area contributed by atoms with Gasteiger partial charge in [-0.25, -0.2) is 4.68 Å². The largest absolute Gasteiger partial charge is 0.312 e. The van der Waals surface area contributed by atoms with Gasteiger partial charge >= 0.3 is 0 Å². The van der Waals surface area contributed by atoms with E-state index in [1.807, 2.05) is 38.1 Å². The molecule has 6 nitrogen and oxygen atoms in total. The molecule has 0 bridgehead atoms. The number of anilines is 1. The van der Waals surface area contributed by atoms with E-state index in [0.29, 0.717) is 17.5 Å². The topological polar surface area (TPSA) is 63.9 Å². The van der Waals surface area contributed by atoms with Crippen molar-refractivity contribution in [2.75, 3.05) is 17.2 Å². The first-order chi connectivity index (χ1) is 9.63. The number of amides is 1. The first-order valence-electron chi connectivity index (χ1n) is 6.34. The highest BCUT2D eigenvalue weighted by Crippen LogP contribution is 2.21. The van der Waals surface area contributed by atoms with Crippen molar-refractivity contribution in [3.8, 4) is 0 Å². The summed E-state index contributed by atoms with van der Waals surface area (Å²) in [6.45, 7) is 4.62. The van der Waals surface area contributed by atoms with Gasteiger partial charge in [0, 0.05) is 19.3 Å². The van der Waals surface area contributed by atoms with Crippen molar-refractivity contribution in [3.63, 3.8) is 0 Å². The Balaban J connectivity index is 2.07. The highest BCUT2D eigenvalue weighted by atomic mass is 32.2. The van der Waals surface area contributed by atoms with Crippen molar-refractivity contribution in [3.05, 3.63) is 29.8 Å². The molecule has 1 heterocycles. The van der Waals surface area contributed by atoms with Crippen molar-refractivity contribution in [2.45, 2.75) is 19.0 Å². The van der Waals surface area contributed by atoms with Crippen LogP contribution in [0.25, 0.3) is 0 Å². The van der Waals surface area contributed by atoms with Crippen molar-refractivity contribution in [2.24, 2.45) is 7.05 Å². The van der Waals surface area contributed by atoms with E-state index < -0.39 is 0 Å². The lowest BCUT2D eigenvalue weighted by Crippen LogP contribution is -2.32. The molecule has 2 rings (SSSR count). The standard InChI is InChI=1S/C13H17N5OS/c1-4-18(11-8-6-5-7-10(11)2)12(19)9-20-13-14-15-16-17(13)3/h5-8H,4,9H2,1-3H3. The lowest BCUT2D eigenvalue weighted by atomic mass is 10.2. The van der Waals surface area contributed by atoms with Gasteiger partial charge in [0.05, 0.1) is 5.75 Å². The molecule has 0 atom stereocenters. The van der Waals surface area contributed by atoms with E-state index in [1.165, 1.54) is 11.8 Å². The molecular weight excluding hydrogens is 274 g/mol. The summed E-state index contributed by atoms with van der Waals surface area (Å²) in [5, 5.41) is 11.8. The average molecular weight is 291 g/mol. The highest BCUT2D eigenvalue weighted by molar-refractivity contribution is 7.99. The fraction of sp³-hybridized carbons (Fsp3) is 0.385. The van der Waals surface area contributed by atoms with E-state index in [2.05, 4.69) is 15.5 Å². The molecule has 0 aliphatic heterocycles. The number of para-hydroxylation sites is 1. The Morgan fingerprint density at radius 2 is 2.15 bits per heavy atom. The molecule has 0 unspecified atom stereocenters. The van der Waals surface area contributed by atoms with Crippen LogP contribution in [0, 0.1) is 6.92 Å². The maximum Gasteiger partial charge on any atom is 0.237 e. The van der Waals surface area contributed by atoms with Crippen LogP contribution in [0.3, 0.4) is 0 Å². The summed E-state index contributed by atoms with van der Waals surface area (Å²) in [5.41, 5.74) is 2.05. The molecule has 2 aromatic rings.